The summed E-state index contributed by atoms with van der Waals surface area (Å²) >= 11 is 1.28. The molecule has 170 valence electrons. The minimum Gasteiger partial charge on any atom is -0.322 e. The number of anilines is 1. The lowest BCUT2D eigenvalue weighted by atomic mass is 10.2. The van der Waals surface area contributed by atoms with Crippen molar-refractivity contribution in [3.05, 3.63) is 76.3 Å². The predicted molar refractivity (Wildman–Crippen MR) is 133 cm³/mol. The molecule has 0 unspecified atom stereocenters. The van der Waals surface area contributed by atoms with Crippen LogP contribution in [0.3, 0.4) is 0 Å². The summed E-state index contributed by atoms with van der Waals surface area (Å²) < 4.78 is 3.51. The molecule has 4 rings (SSSR count). The zero-order valence-corrected chi connectivity index (χ0v) is 19.9. The third-order valence-corrected chi connectivity index (χ3v) is 6.43. The molecule has 1 N–H and O–H groups in total. The molecular weight excluding hydrogens is 434 g/mol. The van der Waals surface area contributed by atoms with Gasteiger partial charge < -0.3 is 5.32 Å². The van der Waals surface area contributed by atoms with E-state index in [0.29, 0.717) is 28.3 Å². The maximum atomic E-state index is 13.0. The summed E-state index contributed by atoms with van der Waals surface area (Å²) in [6, 6.07) is 17.1. The minimum absolute atomic E-state index is 0.0622. The molecule has 2 heterocycles. The summed E-state index contributed by atoms with van der Waals surface area (Å²) in [6.07, 6.45) is 1.84. The maximum Gasteiger partial charge on any atom is 0.262 e. The highest BCUT2D eigenvalue weighted by atomic mass is 32.2. The van der Waals surface area contributed by atoms with Gasteiger partial charge in [-0.2, -0.15) is 5.10 Å². The second-order valence-electron chi connectivity index (χ2n) is 7.85. The fourth-order valence-electron chi connectivity index (χ4n) is 3.72. The van der Waals surface area contributed by atoms with Crippen LogP contribution in [0.1, 0.15) is 31.2 Å². The van der Waals surface area contributed by atoms with Crippen molar-refractivity contribution in [2.24, 2.45) is 0 Å². The first-order chi connectivity index (χ1) is 16.0. The van der Waals surface area contributed by atoms with Gasteiger partial charge in [-0.1, -0.05) is 55.4 Å². The number of rotatable bonds is 8. The predicted octanol–water partition coefficient (Wildman–Crippen LogP) is 4.73. The van der Waals surface area contributed by atoms with E-state index in [2.05, 4.69) is 22.3 Å². The van der Waals surface area contributed by atoms with Crippen LogP contribution >= 0.6 is 11.8 Å². The number of aryl methyl sites for hydroxylation is 1. The lowest BCUT2D eigenvalue weighted by Crippen LogP contribution is -2.24. The van der Waals surface area contributed by atoms with Gasteiger partial charge in [0, 0.05) is 6.54 Å². The zero-order chi connectivity index (χ0) is 23.4. The van der Waals surface area contributed by atoms with Crippen LogP contribution in [0.4, 0.5) is 5.69 Å². The molecule has 0 atom stereocenters. The number of nitrogens with zero attached hydrogens (tertiary/aromatic N) is 4. The van der Waals surface area contributed by atoms with Crippen molar-refractivity contribution in [2.45, 2.75) is 45.3 Å². The number of carbonyl (C=O) groups excluding carboxylic acids is 1. The highest BCUT2D eigenvalue weighted by Gasteiger charge is 2.17. The number of amides is 1. The number of hydrogen-bond acceptors (Lipinski definition) is 5. The summed E-state index contributed by atoms with van der Waals surface area (Å²) in [7, 11) is 0. The lowest BCUT2D eigenvalue weighted by molar-refractivity contribution is -0.113. The molecule has 4 aromatic rings. The first-order valence-electron chi connectivity index (χ1n) is 11.0. The number of fused-ring (bicyclic) bond motifs is 1. The Morgan fingerprint density at radius 3 is 2.55 bits per heavy atom. The number of thioether (sulfide) groups is 1. The number of para-hydroxylation sites is 2. The van der Waals surface area contributed by atoms with Crippen molar-refractivity contribution in [3.63, 3.8) is 0 Å². The Hall–Kier alpha value is -3.39. The van der Waals surface area contributed by atoms with Crippen molar-refractivity contribution in [3.8, 4) is 5.69 Å². The van der Waals surface area contributed by atoms with Gasteiger partial charge in [0.2, 0.25) is 5.91 Å². The monoisotopic (exact) mass is 461 g/mol. The van der Waals surface area contributed by atoms with E-state index >= 15 is 0 Å². The van der Waals surface area contributed by atoms with Crippen LogP contribution in [-0.2, 0) is 11.3 Å². The van der Waals surface area contributed by atoms with Crippen LogP contribution < -0.4 is 10.9 Å². The van der Waals surface area contributed by atoms with Crippen molar-refractivity contribution in [2.75, 3.05) is 11.1 Å². The molecule has 0 aliphatic carbocycles. The normalized spacial score (nSPS) is 11.1. The Balaban J connectivity index is 1.54. The van der Waals surface area contributed by atoms with Crippen molar-refractivity contribution < 1.29 is 4.79 Å². The number of benzene rings is 2. The summed E-state index contributed by atoms with van der Waals surface area (Å²) in [4.78, 5) is 30.5. The zero-order valence-electron chi connectivity index (χ0n) is 19.0. The molecule has 33 heavy (non-hydrogen) atoms. The van der Waals surface area contributed by atoms with E-state index in [9.17, 15) is 9.59 Å². The van der Waals surface area contributed by atoms with E-state index in [4.69, 9.17) is 0 Å². The van der Waals surface area contributed by atoms with Gasteiger partial charge >= 0.3 is 0 Å². The quantitative estimate of drug-likeness (QED) is 0.303. The molecule has 0 bridgehead atoms. The number of nitrogens with one attached hydrogen (secondary N) is 1. The van der Waals surface area contributed by atoms with Crippen LogP contribution in [-0.4, -0.2) is 31.0 Å². The largest absolute Gasteiger partial charge is 0.322 e. The Bertz CT molecular complexity index is 1340. The summed E-state index contributed by atoms with van der Waals surface area (Å²) in [5, 5.41) is 8.74. The summed E-state index contributed by atoms with van der Waals surface area (Å²) in [6.45, 7) is 6.48. The summed E-state index contributed by atoms with van der Waals surface area (Å²) in [5.74, 6) is -0.0185. The van der Waals surface area contributed by atoms with Gasteiger partial charge in [-0.3, -0.25) is 14.2 Å². The fraction of sp³-hybridized carbons (Fsp3) is 0.280. The first kappa shape index (κ1) is 22.8. The second kappa shape index (κ2) is 10.0. The van der Waals surface area contributed by atoms with Crippen LogP contribution in [0, 0.1) is 13.8 Å². The van der Waals surface area contributed by atoms with Crippen LogP contribution in [0.15, 0.2) is 64.5 Å². The fourth-order valence-corrected chi connectivity index (χ4v) is 4.55. The van der Waals surface area contributed by atoms with Gasteiger partial charge in [0.05, 0.1) is 39.4 Å². The average molecular weight is 462 g/mol. The average Bonchev–Trinajstić information content (AvgIpc) is 3.11. The Morgan fingerprint density at radius 2 is 1.79 bits per heavy atom. The number of unbranched alkanes of at least 4 members (excludes halogenated alkanes) is 1. The number of aromatic nitrogens is 4. The van der Waals surface area contributed by atoms with E-state index in [1.807, 2.05) is 67.1 Å². The van der Waals surface area contributed by atoms with Gasteiger partial charge in [-0.05, 0) is 44.5 Å². The maximum absolute atomic E-state index is 13.0. The van der Waals surface area contributed by atoms with Crippen molar-refractivity contribution >= 4 is 34.3 Å². The number of carbonyl (C=O) groups is 1. The topological polar surface area (TPSA) is 81.8 Å². The van der Waals surface area contributed by atoms with E-state index < -0.39 is 0 Å². The van der Waals surface area contributed by atoms with Crippen LogP contribution in [0.25, 0.3) is 16.6 Å². The van der Waals surface area contributed by atoms with Crippen molar-refractivity contribution in [1.82, 2.24) is 19.3 Å². The molecule has 0 aliphatic heterocycles. The molecule has 0 radical (unpaired) electrons. The minimum atomic E-state index is -0.164. The molecule has 0 aliphatic rings. The SMILES string of the molecule is CCCCn1c(SCC(=O)Nc2c(C)nn(-c3ccccc3)c2C)nc2ccccc2c1=O. The second-order valence-corrected chi connectivity index (χ2v) is 8.79. The highest BCUT2D eigenvalue weighted by Crippen LogP contribution is 2.24. The lowest BCUT2D eigenvalue weighted by Gasteiger charge is -2.13. The van der Waals surface area contributed by atoms with Crippen LogP contribution in [0.5, 0.6) is 0 Å². The molecule has 2 aromatic heterocycles. The molecule has 1 amide bonds. The third kappa shape index (κ3) is 4.85. The number of hydrogen-bond donors (Lipinski definition) is 1. The molecule has 7 nitrogen and oxygen atoms in total. The van der Waals surface area contributed by atoms with Gasteiger partial charge in [0.1, 0.15) is 0 Å². The Morgan fingerprint density at radius 1 is 1.06 bits per heavy atom. The van der Waals surface area contributed by atoms with Gasteiger partial charge in [-0.25, -0.2) is 9.67 Å². The van der Waals surface area contributed by atoms with E-state index in [0.717, 1.165) is 29.9 Å². The molecular formula is C25H27N5O2S. The van der Waals surface area contributed by atoms with E-state index in [1.165, 1.54) is 11.8 Å². The Kier molecular flexibility index (Phi) is 6.93. The highest BCUT2D eigenvalue weighted by molar-refractivity contribution is 7.99. The molecule has 0 spiro atoms. The molecule has 0 saturated heterocycles. The van der Waals surface area contributed by atoms with Crippen LogP contribution in [0.2, 0.25) is 0 Å². The molecule has 2 aromatic carbocycles. The molecule has 0 saturated carbocycles. The molecule has 0 fully saturated rings. The van der Waals surface area contributed by atoms with E-state index in [1.54, 1.807) is 10.6 Å². The van der Waals surface area contributed by atoms with E-state index in [-0.39, 0.29) is 17.2 Å². The first-order valence-corrected chi connectivity index (χ1v) is 12.0. The molecule has 8 heteroatoms. The van der Waals surface area contributed by atoms with Crippen molar-refractivity contribution in [1.29, 1.82) is 0 Å². The van der Waals surface area contributed by atoms with Gasteiger partial charge in [-0.15, -0.1) is 0 Å². The Labute approximate surface area is 196 Å². The van der Waals surface area contributed by atoms with Gasteiger partial charge in [0.25, 0.3) is 5.56 Å². The smallest absolute Gasteiger partial charge is 0.262 e. The standard InChI is InChI=1S/C25H27N5O2S/c1-4-5-15-29-24(32)20-13-9-10-14-21(20)26-25(29)33-16-22(31)27-23-17(2)28-30(18(23)3)19-11-7-6-8-12-19/h6-14H,4-5,15-16H2,1-3H3,(H,27,31). The summed E-state index contributed by atoms with van der Waals surface area (Å²) in [5.41, 5.74) is 3.84. The third-order valence-electron chi connectivity index (χ3n) is 5.45. The van der Waals surface area contributed by atoms with Gasteiger partial charge in [0.15, 0.2) is 5.16 Å².